The number of amides is 1. The maximum Gasteiger partial charge on any atom is 0.264 e. The number of carbonyl (C=O) groups is 1. The molecule has 6 nitrogen and oxygen atoms in total. The zero-order chi connectivity index (χ0) is 25.0. The fourth-order valence-corrected chi connectivity index (χ4v) is 5.59. The van der Waals surface area contributed by atoms with Crippen LogP contribution in [0.25, 0.3) is 0 Å². The Bertz CT molecular complexity index is 1280. The van der Waals surface area contributed by atoms with Crippen LogP contribution in [0.5, 0.6) is 5.75 Å². The van der Waals surface area contributed by atoms with Gasteiger partial charge in [-0.1, -0.05) is 23.8 Å². The zero-order valence-corrected chi connectivity index (χ0v) is 21.3. The first-order chi connectivity index (χ1) is 16.7. The van der Waals surface area contributed by atoms with Gasteiger partial charge < -0.3 is 10.1 Å². The van der Waals surface area contributed by atoms with E-state index >= 15 is 0 Å². The lowest BCUT2D eigenvalue weighted by Crippen LogP contribution is -2.38. The van der Waals surface area contributed by atoms with Crippen molar-refractivity contribution in [2.75, 3.05) is 16.2 Å². The summed E-state index contributed by atoms with van der Waals surface area (Å²) in [6, 6.07) is 19.2. The number of sulfonamides is 1. The number of hydrogen-bond acceptors (Lipinski definition) is 4. The lowest BCUT2D eigenvalue weighted by molar-refractivity contribution is -0.114. The molecule has 7 heteroatoms. The lowest BCUT2D eigenvalue weighted by Gasteiger charge is -2.25. The second-order valence-corrected chi connectivity index (χ2v) is 11.1. The third-order valence-corrected chi connectivity index (χ3v) is 8.21. The molecule has 184 valence electrons. The zero-order valence-electron chi connectivity index (χ0n) is 20.5. The van der Waals surface area contributed by atoms with E-state index in [2.05, 4.69) is 5.32 Å². The standard InChI is InChI=1S/C28H32N2O4S/c1-20-8-16-27(17-9-20)35(32,33)30(24-13-10-21(2)22(3)18-24)19-28(31)29-23-11-14-26(15-12-23)34-25-6-4-5-7-25/h8-18,25H,4-7,19H2,1-3H3,(H,29,31). The summed E-state index contributed by atoms with van der Waals surface area (Å²) in [6.45, 7) is 5.43. The van der Waals surface area contributed by atoms with Crippen molar-refractivity contribution in [2.45, 2.75) is 57.5 Å². The minimum Gasteiger partial charge on any atom is -0.490 e. The average Bonchev–Trinajstić information content (AvgIpc) is 3.34. The van der Waals surface area contributed by atoms with E-state index in [-0.39, 0.29) is 17.5 Å². The van der Waals surface area contributed by atoms with E-state index in [9.17, 15) is 13.2 Å². The first-order valence-electron chi connectivity index (χ1n) is 12.0. The normalized spacial score (nSPS) is 14.0. The van der Waals surface area contributed by atoms with Crippen molar-refractivity contribution in [2.24, 2.45) is 0 Å². The second kappa shape index (κ2) is 10.5. The Hall–Kier alpha value is -3.32. The SMILES string of the molecule is Cc1ccc(S(=O)(=O)N(CC(=O)Nc2ccc(OC3CCCC3)cc2)c2ccc(C)c(C)c2)cc1. The third-order valence-electron chi connectivity index (χ3n) is 6.42. The van der Waals surface area contributed by atoms with Gasteiger partial charge in [0.05, 0.1) is 16.7 Å². The van der Waals surface area contributed by atoms with Gasteiger partial charge in [0.2, 0.25) is 5.91 Å². The van der Waals surface area contributed by atoms with Gasteiger partial charge in [-0.15, -0.1) is 0 Å². The Morgan fingerprint density at radius 1 is 0.914 bits per heavy atom. The molecule has 3 aromatic carbocycles. The molecule has 0 aliphatic heterocycles. The largest absolute Gasteiger partial charge is 0.490 e. The Balaban J connectivity index is 1.54. The number of benzene rings is 3. The van der Waals surface area contributed by atoms with E-state index in [0.717, 1.165) is 39.6 Å². The molecular formula is C28H32N2O4S. The van der Waals surface area contributed by atoms with E-state index < -0.39 is 15.9 Å². The maximum absolute atomic E-state index is 13.6. The van der Waals surface area contributed by atoms with Crippen LogP contribution in [-0.4, -0.2) is 27.0 Å². The molecule has 0 heterocycles. The first kappa shape index (κ1) is 24.8. The molecule has 1 saturated carbocycles. The van der Waals surface area contributed by atoms with E-state index in [0.29, 0.717) is 11.4 Å². The highest BCUT2D eigenvalue weighted by Crippen LogP contribution is 2.27. The Morgan fingerprint density at radius 3 is 2.20 bits per heavy atom. The van der Waals surface area contributed by atoms with Crippen molar-refractivity contribution < 1.29 is 17.9 Å². The van der Waals surface area contributed by atoms with Crippen LogP contribution in [0.1, 0.15) is 42.4 Å². The van der Waals surface area contributed by atoms with Gasteiger partial charge in [-0.25, -0.2) is 8.42 Å². The van der Waals surface area contributed by atoms with Gasteiger partial charge in [-0.3, -0.25) is 9.10 Å². The molecule has 35 heavy (non-hydrogen) atoms. The van der Waals surface area contributed by atoms with E-state index in [1.165, 1.54) is 12.8 Å². The van der Waals surface area contributed by atoms with Crippen LogP contribution in [0.15, 0.2) is 71.6 Å². The highest BCUT2D eigenvalue weighted by atomic mass is 32.2. The molecule has 0 saturated heterocycles. The third kappa shape index (κ3) is 6.03. The molecule has 1 aliphatic carbocycles. The van der Waals surface area contributed by atoms with Crippen LogP contribution >= 0.6 is 0 Å². The molecule has 0 aromatic heterocycles. The maximum atomic E-state index is 13.6. The fourth-order valence-electron chi connectivity index (χ4n) is 4.18. The van der Waals surface area contributed by atoms with Gasteiger partial charge in [0, 0.05) is 5.69 Å². The summed E-state index contributed by atoms with van der Waals surface area (Å²) >= 11 is 0. The molecule has 0 radical (unpaired) electrons. The van der Waals surface area contributed by atoms with Gasteiger partial charge in [0.15, 0.2) is 0 Å². The molecule has 0 spiro atoms. The topological polar surface area (TPSA) is 75.7 Å². The number of nitrogens with zero attached hydrogens (tertiary/aromatic N) is 1. The molecule has 4 rings (SSSR count). The molecule has 1 N–H and O–H groups in total. The number of rotatable bonds is 8. The number of carbonyl (C=O) groups excluding carboxylic acids is 1. The highest BCUT2D eigenvalue weighted by Gasteiger charge is 2.27. The summed E-state index contributed by atoms with van der Waals surface area (Å²) < 4.78 is 34.3. The Morgan fingerprint density at radius 2 is 1.57 bits per heavy atom. The minimum absolute atomic E-state index is 0.141. The smallest absolute Gasteiger partial charge is 0.264 e. The van der Waals surface area contributed by atoms with E-state index in [1.807, 2.05) is 39.0 Å². The molecule has 0 bridgehead atoms. The molecule has 1 amide bonds. The Kier molecular flexibility index (Phi) is 7.45. The van der Waals surface area contributed by atoms with Crippen LogP contribution in [0.4, 0.5) is 11.4 Å². The van der Waals surface area contributed by atoms with Crippen molar-refractivity contribution >= 4 is 27.3 Å². The molecule has 3 aromatic rings. The highest BCUT2D eigenvalue weighted by molar-refractivity contribution is 7.92. The monoisotopic (exact) mass is 492 g/mol. The summed E-state index contributed by atoms with van der Waals surface area (Å²) in [4.78, 5) is 13.1. The predicted octanol–water partition coefficient (Wildman–Crippen LogP) is 5.77. The second-order valence-electron chi connectivity index (χ2n) is 9.19. The first-order valence-corrected chi connectivity index (χ1v) is 13.4. The van der Waals surface area contributed by atoms with Crippen molar-refractivity contribution in [3.05, 3.63) is 83.4 Å². The minimum atomic E-state index is -3.96. The van der Waals surface area contributed by atoms with Gasteiger partial charge >= 0.3 is 0 Å². The predicted molar refractivity (Wildman–Crippen MR) is 140 cm³/mol. The molecule has 0 atom stereocenters. The van der Waals surface area contributed by atoms with Gasteiger partial charge in [-0.2, -0.15) is 0 Å². The number of ether oxygens (including phenoxy) is 1. The van der Waals surface area contributed by atoms with Crippen LogP contribution in [0, 0.1) is 20.8 Å². The number of nitrogens with one attached hydrogen (secondary N) is 1. The summed E-state index contributed by atoms with van der Waals surface area (Å²) in [5.74, 6) is 0.344. The summed E-state index contributed by atoms with van der Waals surface area (Å²) in [5.41, 5.74) is 3.99. The molecular weight excluding hydrogens is 460 g/mol. The van der Waals surface area contributed by atoms with Crippen LogP contribution in [0.2, 0.25) is 0 Å². The average molecular weight is 493 g/mol. The van der Waals surface area contributed by atoms with Crippen molar-refractivity contribution in [1.82, 2.24) is 0 Å². The van der Waals surface area contributed by atoms with Crippen LogP contribution in [-0.2, 0) is 14.8 Å². The molecule has 0 unspecified atom stereocenters. The molecule has 1 aliphatic rings. The van der Waals surface area contributed by atoms with Crippen molar-refractivity contribution in [1.29, 1.82) is 0 Å². The Labute approximate surface area is 208 Å². The number of hydrogen-bond donors (Lipinski definition) is 1. The van der Waals surface area contributed by atoms with Gasteiger partial charge in [-0.05, 0) is 106 Å². The van der Waals surface area contributed by atoms with E-state index in [4.69, 9.17) is 4.74 Å². The van der Waals surface area contributed by atoms with Gasteiger partial charge in [0.25, 0.3) is 10.0 Å². The quantitative estimate of drug-likeness (QED) is 0.433. The van der Waals surface area contributed by atoms with Crippen molar-refractivity contribution in [3.8, 4) is 5.75 Å². The number of aryl methyl sites for hydroxylation is 3. The molecule has 1 fully saturated rings. The number of anilines is 2. The fraction of sp³-hybridized carbons (Fsp3) is 0.321. The van der Waals surface area contributed by atoms with E-state index in [1.54, 1.807) is 48.5 Å². The summed E-state index contributed by atoms with van der Waals surface area (Å²) in [6.07, 6.45) is 4.79. The van der Waals surface area contributed by atoms with Gasteiger partial charge in [0.1, 0.15) is 12.3 Å². The lowest BCUT2D eigenvalue weighted by atomic mass is 10.1. The summed E-state index contributed by atoms with van der Waals surface area (Å²) in [7, 11) is -3.96. The van der Waals surface area contributed by atoms with Crippen molar-refractivity contribution in [3.63, 3.8) is 0 Å². The van der Waals surface area contributed by atoms with Crippen LogP contribution in [0.3, 0.4) is 0 Å². The van der Waals surface area contributed by atoms with Crippen LogP contribution < -0.4 is 14.4 Å². The summed E-state index contributed by atoms with van der Waals surface area (Å²) in [5, 5.41) is 2.82.